The number of nitrogens with one attached hydrogen (secondary N) is 1. The molecule has 0 saturated carbocycles. The minimum Gasteiger partial charge on any atom is -0.258 e. The first-order valence-electron chi connectivity index (χ1n) is 3.10. The van der Waals surface area contributed by atoms with E-state index in [1.54, 1.807) is 0 Å². The molecule has 0 aromatic rings. The van der Waals surface area contributed by atoms with Crippen LogP contribution in [0.5, 0.6) is 0 Å². The van der Waals surface area contributed by atoms with Crippen LogP contribution in [0.1, 0.15) is 13.8 Å². The molecule has 0 radical (unpaired) electrons. The lowest BCUT2D eigenvalue weighted by Gasteiger charge is -2.24. The first-order valence-corrected chi connectivity index (χ1v) is 3.73. The van der Waals surface area contributed by atoms with E-state index in [0.717, 1.165) is 12.3 Å². The van der Waals surface area contributed by atoms with Gasteiger partial charge in [-0.1, -0.05) is 6.92 Å². The van der Waals surface area contributed by atoms with E-state index in [2.05, 4.69) is 25.1 Å². The molecule has 0 aliphatic heterocycles. The Hall–Kier alpha value is 0.230. The lowest BCUT2D eigenvalue weighted by Crippen LogP contribution is -2.48. The summed E-state index contributed by atoms with van der Waals surface area (Å²) in [6, 6.07) is 0.392. The molecule has 0 heterocycles. The van der Waals surface area contributed by atoms with Crippen LogP contribution in [0.25, 0.3) is 0 Å². The van der Waals surface area contributed by atoms with Crippen molar-refractivity contribution in [2.24, 2.45) is 5.84 Å². The summed E-state index contributed by atoms with van der Waals surface area (Å²) in [4.78, 5) is 0. The molecular formula is C5H15N3S. The summed E-state index contributed by atoms with van der Waals surface area (Å²) in [6.07, 6.45) is 0. The zero-order valence-corrected chi connectivity index (χ0v) is 6.86. The van der Waals surface area contributed by atoms with Crippen LogP contribution in [0.15, 0.2) is 0 Å². The van der Waals surface area contributed by atoms with Gasteiger partial charge in [-0.3, -0.25) is 5.84 Å². The molecule has 1 atom stereocenters. The van der Waals surface area contributed by atoms with Crippen molar-refractivity contribution in [2.45, 2.75) is 19.9 Å². The summed E-state index contributed by atoms with van der Waals surface area (Å²) >= 11 is 4.13. The van der Waals surface area contributed by atoms with Gasteiger partial charge in [0.2, 0.25) is 0 Å². The lowest BCUT2D eigenvalue weighted by molar-refractivity contribution is 0.157. The summed E-state index contributed by atoms with van der Waals surface area (Å²) in [6.45, 7) is 5.01. The largest absolute Gasteiger partial charge is 0.258 e. The minimum atomic E-state index is 0.392. The maximum atomic E-state index is 5.20. The third kappa shape index (κ3) is 3.05. The van der Waals surface area contributed by atoms with Crippen LogP contribution in [0.4, 0.5) is 0 Å². The van der Waals surface area contributed by atoms with Gasteiger partial charge in [0.05, 0.1) is 0 Å². The van der Waals surface area contributed by atoms with Gasteiger partial charge in [0.1, 0.15) is 0 Å². The van der Waals surface area contributed by atoms with Crippen molar-refractivity contribution >= 4 is 12.6 Å². The molecule has 9 heavy (non-hydrogen) atoms. The van der Waals surface area contributed by atoms with Crippen molar-refractivity contribution in [3.05, 3.63) is 0 Å². The average molecular weight is 149 g/mol. The van der Waals surface area contributed by atoms with E-state index in [9.17, 15) is 0 Å². The van der Waals surface area contributed by atoms with Crippen LogP contribution in [0.2, 0.25) is 0 Å². The molecule has 3 nitrogen and oxygen atoms in total. The molecule has 0 aliphatic carbocycles. The van der Waals surface area contributed by atoms with Crippen molar-refractivity contribution in [2.75, 3.05) is 12.3 Å². The van der Waals surface area contributed by atoms with Crippen molar-refractivity contribution in [3.63, 3.8) is 0 Å². The second kappa shape index (κ2) is 5.05. The molecule has 0 aromatic heterocycles. The zero-order valence-electron chi connectivity index (χ0n) is 5.96. The van der Waals surface area contributed by atoms with E-state index in [4.69, 9.17) is 5.84 Å². The van der Waals surface area contributed by atoms with Crippen LogP contribution < -0.4 is 11.4 Å². The summed E-state index contributed by atoms with van der Waals surface area (Å²) in [5, 5.41) is 1.92. The SMILES string of the molecule is CCN(NN)C(C)CS. The van der Waals surface area contributed by atoms with Crippen LogP contribution in [-0.2, 0) is 0 Å². The molecule has 3 N–H and O–H groups in total. The van der Waals surface area contributed by atoms with Crippen LogP contribution in [-0.4, -0.2) is 23.3 Å². The number of rotatable bonds is 4. The Kier molecular flexibility index (Phi) is 5.18. The Morgan fingerprint density at radius 3 is 2.44 bits per heavy atom. The quantitative estimate of drug-likeness (QED) is 0.299. The molecule has 0 spiro atoms. The van der Waals surface area contributed by atoms with Crippen molar-refractivity contribution in [3.8, 4) is 0 Å². The first-order chi connectivity index (χ1) is 4.26. The van der Waals surface area contributed by atoms with E-state index < -0.39 is 0 Å². The van der Waals surface area contributed by atoms with E-state index in [-0.39, 0.29) is 0 Å². The van der Waals surface area contributed by atoms with E-state index in [1.807, 2.05) is 11.9 Å². The summed E-state index contributed by atoms with van der Waals surface area (Å²) in [5.74, 6) is 6.02. The van der Waals surface area contributed by atoms with Crippen LogP contribution >= 0.6 is 12.6 Å². The van der Waals surface area contributed by atoms with Gasteiger partial charge in [0.15, 0.2) is 0 Å². The van der Waals surface area contributed by atoms with Crippen molar-refractivity contribution in [1.29, 1.82) is 0 Å². The highest BCUT2D eigenvalue weighted by Gasteiger charge is 2.06. The fourth-order valence-corrected chi connectivity index (χ4v) is 0.826. The highest BCUT2D eigenvalue weighted by atomic mass is 32.1. The monoisotopic (exact) mass is 149 g/mol. The number of hydrazine groups is 2. The molecule has 1 unspecified atom stereocenters. The molecular weight excluding hydrogens is 134 g/mol. The molecule has 0 rings (SSSR count). The molecule has 4 heteroatoms. The molecule has 56 valence electrons. The predicted molar refractivity (Wildman–Crippen MR) is 43.0 cm³/mol. The summed E-state index contributed by atoms with van der Waals surface area (Å²) < 4.78 is 0. The normalized spacial score (nSPS) is 14.3. The molecule has 0 aliphatic rings. The van der Waals surface area contributed by atoms with E-state index in [0.29, 0.717) is 6.04 Å². The summed E-state index contributed by atoms with van der Waals surface area (Å²) in [5.41, 5.74) is 2.59. The van der Waals surface area contributed by atoms with Crippen LogP contribution in [0, 0.1) is 0 Å². The van der Waals surface area contributed by atoms with Gasteiger partial charge >= 0.3 is 0 Å². The Morgan fingerprint density at radius 2 is 2.33 bits per heavy atom. The summed E-state index contributed by atoms with van der Waals surface area (Å²) in [7, 11) is 0. The molecule has 0 fully saturated rings. The molecule has 0 saturated heterocycles. The Labute approximate surface area is 61.9 Å². The molecule has 0 aromatic carbocycles. The van der Waals surface area contributed by atoms with Gasteiger partial charge in [-0.05, 0) is 6.92 Å². The second-order valence-corrected chi connectivity index (χ2v) is 2.31. The van der Waals surface area contributed by atoms with Gasteiger partial charge in [0, 0.05) is 18.3 Å². The van der Waals surface area contributed by atoms with Crippen LogP contribution in [0.3, 0.4) is 0 Å². The van der Waals surface area contributed by atoms with Gasteiger partial charge in [0.25, 0.3) is 0 Å². The fourth-order valence-electron chi connectivity index (χ4n) is 0.629. The number of hydrogen-bond donors (Lipinski definition) is 3. The third-order valence-corrected chi connectivity index (χ3v) is 1.83. The van der Waals surface area contributed by atoms with Gasteiger partial charge in [-0.25, -0.2) is 5.01 Å². The smallest absolute Gasteiger partial charge is 0.0316 e. The topological polar surface area (TPSA) is 41.3 Å². The highest BCUT2D eigenvalue weighted by molar-refractivity contribution is 7.80. The van der Waals surface area contributed by atoms with E-state index in [1.165, 1.54) is 0 Å². The number of thiol groups is 1. The van der Waals surface area contributed by atoms with E-state index >= 15 is 0 Å². The van der Waals surface area contributed by atoms with Gasteiger partial charge < -0.3 is 0 Å². The molecule has 0 bridgehead atoms. The van der Waals surface area contributed by atoms with Crippen molar-refractivity contribution < 1.29 is 0 Å². The first kappa shape index (κ1) is 9.23. The zero-order chi connectivity index (χ0) is 7.28. The third-order valence-electron chi connectivity index (χ3n) is 1.30. The van der Waals surface area contributed by atoms with Gasteiger partial charge in [-0.2, -0.15) is 18.2 Å². The number of nitrogens with two attached hydrogens (primary N) is 1. The van der Waals surface area contributed by atoms with Gasteiger partial charge in [-0.15, -0.1) is 0 Å². The Balaban J connectivity index is 3.50. The Morgan fingerprint density at radius 1 is 1.78 bits per heavy atom. The van der Waals surface area contributed by atoms with Crippen molar-refractivity contribution in [1.82, 2.24) is 10.5 Å². The average Bonchev–Trinajstić information content (AvgIpc) is 1.90. The maximum absolute atomic E-state index is 5.20. The standard InChI is InChI=1S/C5H15N3S/c1-3-8(7-6)5(2)4-9/h5,7,9H,3-4,6H2,1-2H3. The lowest BCUT2D eigenvalue weighted by atomic mass is 10.4. The Bertz CT molecular complexity index is 65.2. The second-order valence-electron chi connectivity index (χ2n) is 1.95. The maximum Gasteiger partial charge on any atom is 0.0316 e. The number of hydrogen-bond acceptors (Lipinski definition) is 4. The minimum absolute atomic E-state index is 0.392. The predicted octanol–water partition coefficient (Wildman–Crippen LogP) is 0.00490. The number of nitrogens with zero attached hydrogens (tertiary/aromatic N) is 1. The molecule has 0 amide bonds. The highest BCUT2D eigenvalue weighted by Crippen LogP contribution is 1.94. The fraction of sp³-hybridized carbons (Fsp3) is 1.00.